The molecular formula is C27H22N4O4. The maximum absolute atomic E-state index is 13.5. The van der Waals surface area contributed by atoms with E-state index in [1.54, 1.807) is 15.8 Å². The normalized spacial score (nSPS) is 20.3. The average molecular weight is 466 g/mol. The van der Waals surface area contributed by atoms with Crippen LogP contribution in [-0.4, -0.2) is 51.1 Å². The second kappa shape index (κ2) is 7.35. The number of carbonyl (C=O) groups is 1. The quantitative estimate of drug-likeness (QED) is 0.467. The molecule has 3 aliphatic heterocycles. The molecule has 1 amide bonds. The minimum atomic E-state index is -0.575. The van der Waals surface area contributed by atoms with Gasteiger partial charge in [-0.25, -0.2) is 0 Å². The maximum atomic E-state index is 13.5. The lowest BCUT2D eigenvalue weighted by molar-refractivity contribution is -0.0196. The molecule has 7 rings (SSSR count). The lowest BCUT2D eigenvalue weighted by Gasteiger charge is -2.51. The van der Waals surface area contributed by atoms with E-state index in [0.717, 1.165) is 28.1 Å². The summed E-state index contributed by atoms with van der Waals surface area (Å²) >= 11 is 0. The lowest BCUT2D eigenvalue weighted by atomic mass is 9.92. The zero-order valence-corrected chi connectivity index (χ0v) is 18.7. The highest BCUT2D eigenvalue weighted by molar-refractivity contribution is 5.96. The minimum Gasteiger partial charge on any atom is -0.502 e. The Morgan fingerprint density at radius 1 is 0.886 bits per heavy atom. The molecule has 0 aliphatic carbocycles. The number of pyridine rings is 1. The predicted octanol–water partition coefficient (Wildman–Crippen LogP) is 2.86. The van der Waals surface area contributed by atoms with E-state index >= 15 is 0 Å². The van der Waals surface area contributed by atoms with Crippen LogP contribution in [0.5, 0.6) is 5.75 Å². The van der Waals surface area contributed by atoms with Crippen molar-refractivity contribution in [1.29, 1.82) is 0 Å². The second-order valence-electron chi connectivity index (χ2n) is 8.97. The molecule has 174 valence electrons. The number of rotatable bonds is 1. The van der Waals surface area contributed by atoms with Gasteiger partial charge < -0.3 is 19.3 Å². The van der Waals surface area contributed by atoms with Crippen molar-refractivity contribution in [3.05, 3.63) is 106 Å². The molecule has 5 heterocycles. The van der Waals surface area contributed by atoms with Crippen molar-refractivity contribution in [2.45, 2.75) is 12.2 Å². The van der Waals surface area contributed by atoms with Crippen LogP contribution in [0.15, 0.2) is 83.9 Å². The summed E-state index contributed by atoms with van der Waals surface area (Å²) < 4.78 is 9.68. The molecule has 1 saturated heterocycles. The number of benzene rings is 2. The van der Waals surface area contributed by atoms with Crippen molar-refractivity contribution in [3.8, 4) is 22.7 Å². The average Bonchev–Trinajstić information content (AvgIpc) is 3.34. The molecule has 2 aromatic heterocycles. The van der Waals surface area contributed by atoms with Crippen molar-refractivity contribution >= 4 is 5.91 Å². The van der Waals surface area contributed by atoms with E-state index in [0.29, 0.717) is 19.8 Å². The fourth-order valence-electron chi connectivity index (χ4n) is 5.70. The first-order valence-corrected chi connectivity index (χ1v) is 11.6. The molecule has 1 fully saturated rings. The molecule has 0 saturated carbocycles. The van der Waals surface area contributed by atoms with E-state index in [1.807, 2.05) is 30.3 Å². The Bertz CT molecular complexity index is 1490. The van der Waals surface area contributed by atoms with E-state index in [-0.39, 0.29) is 17.6 Å². The third-order valence-corrected chi connectivity index (χ3v) is 7.21. The minimum absolute atomic E-state index is 0.0190. The number of carbonyl (C=O) groups excluding carboxylic acids is 1. The number of morpholine rings is 1. The summed E-state index contributed by atoms with van der Waals surface area (Å²) in [5, 5.41) is 12.8. The van der Waals surface area contributed by atoms with Crippen LogP contribution in [0.25, 0.3) is 16.9 Å². The predicted molar refractivity (Wildman–Crippen MR) is 129 cm³/mol. The van der Waals surface area contributed by atoms with Gasteiger partial charge >= 0.3 is 0 Å². The third-order valence-electron chi connectivity index (χ3n) is 7.21. The number of hydrogen-bond acceptors (Lipinski definition) is 5. The molecule has 3 aliphatic rings. The summed E-state index contributed by atoms with van der Waals surface area (Å²) in [5.41, 5.74) is 4.68. The largest absolute Gasteiger partial charge is 0.502 e. The van der Waals surface area contributed by atoms with E-state index < -0.39 is 17.3 Å². The molecule has 2 atom stereocenters. The topological polar surface area (TPSA) is 79.9 Å². The van der Waals surface area contributed by atoms with Crippen LogP contribution >= 0.6 is 0 Å². The number of aromatic nitrogens is 2. The smallest absolute Gasteiger partial charge is 0.278 e. The number of aromatic hydroxyl groups is 1. The van der Waals surface area contributed by atoms with Gasteiger partial charge in [0.2, 0.25) is 5.43 Å². The van der Waals surface area contributed by atoms with Gasteiger partial charge in [-0.2, -0.15) is 0 Å². The number of para-hydroxylation sites is 1. The first-order chi connectivity index (χ1) is 17.1. The van der Waals surface area contributed by atoms with E-state index in [1.165, 1.54) is 6.07 Å². The zero-order valence-electron chi connectivity index (χ0n) is 18.7. The summed E-state index contributed by atoms with van der Waals surface area (Å²) in [6, 6.07) is 21.6. The van der Waals surface area contributed by atoms with Gasteiger partial charge in [0.05, 0.1) is 24.6 Å². The molecule has 0 spiro atoms. The van der Waals surface area contributed by atoms with Crippen LogP contribution in [0.1, 0.15) is 27.7 Å². The van der Waals surface area contributed by atoms with Crippen molar-refractivity contribution in [1.82, 2.24) is 14.1 Å². The Morgan fingerprint density at radius 2 is 1.69 bits per heavy atom. The van der Waals surface area contributed by atoms with E-state index in [4.69, 9.17) is 4.74 Å². The Morgan fingerprint density at radius 3 is 2.57 bits per heavy atom. The van der Waals surface area contributed by atoms with Crippen LogP contribution in [0.3, 0.4) is 0 Å². The fourth-order valence-corrected chi connectivity index (χ4v) is 5.70. The number of amides is 1. The summed E-state index contributed by atoms with van der Waals surface area (Å²) in [6.45, 7) is 1.08. The van der Waals surface area contributed by atoms with Gasteiger partial charge in [0.15, 0.2) is 11.4 Å². The standard InChI is InChI=1S/C27H22N4O4/c32-22-11-13-30-25(26(22)33)27(34)29-14-15-35-16-23(29)31(30)24-18-7-2-1-6-17(18)20-10-5-12-28(20)21-9-4-3-8-19(21)24/h1-13,23-24,33H,14-16H2/t23-,24+/m1/s1. The second-order valence-corrected chi connectivity index (χ2v) is 8.97. The van der Waals surface area contributed by atoms with Gasteiger partial charge in [-0.05, 0) is 23.8 Å². The van der Waals surface area contributed by atoms with Crippen molar-refractivity contribution < 1.29 is 14.6 Å². The molecule has 8 heteroatoms. The highest BCUT2D eigenvalue weighted by atomic mass is 16.5. The summed E-state index contributed by atoms with van der Waals surface area (Å²) in [5.74, 6) is -0.903. The molecule has 0 radical (unpaired) electrons. The van der Waals surface area contributed by atoms with Crippen molar-refractivity contribution in [2.75, 3.05) is 24.8 Å². The summed E-state index contributed by atoms with van der Waals surface area (Å²) in [4.78, 5) is 27.5. The van der Waals surface area contributed by atoms with Crippen LogP contribution in [0.2, 0.25) is 0 Å². The van der Waals surface area contributed by atoms with Crippen LogP contribution < -0.4 is 10.4 Å². The number of hydrogen-bond donors (Lipinski definition) is 1. The monoisotopic (exact) mass is 466 g/mol. The number of ether oxygens (including phenoxy) is 1. The Hall–Kier alpha value is -4.30. The van der Waals surface area contributed by atoms with Crippen LogP contribution in [-0.2, 0) is 4.74 Å². The number of fused-ring (bicyclic) bond motifs is 7. The Kier molecular flexibility index (Phi) is 4.22. The van der Waals surface area contributed by atoms with Gasteiger partial charge in [0.25, 0.3) is 5.91 Å². The molecule has 35 heavy (non-hydrogen) atoms. The van der Waals surface area contributed by atoms with Gasteiger partial charge in [-0.15, -0.1) is 0 Å². The van der Waals surface area contributed by atoms with Crippen molar-refractivity contribution in [2.24, 2.45) is 0 Å². The highest BCUT2D eigenvalue weighted by Crippen LogP contribution is 2.44. The lowest BCUT2D eigenvalue weighted by Crippen LogP contribution is -2.66. The molecule has 0 unspecified atom stereocenters. The van der Waals surface area contributed by atoms with Gasteiger partial charge in [-0.1, -0.05) is 42.5 Å². The SMILES string of the molecule is O=C1c2c(O)c(=O)ccn2N([C@H]2c3ccccc3-c3cccn3-c3ccccc32)[C@@H]2COCCN12. The molecular weight excluding hydrogens is 444 g/mol. The molecule has 0 bridgehead atoms. The number of nitrogens with zero attached hydrogens (tertiary/aromatic N) is 4. The first-order valence-electron chi connectivity index (χ1n) is 11.6. The molecule has 4 aromatic rings. The third kappa shape index (κ3) is 2.71. The highest BCUT2D eigenvalue weighted by Gasteiger charge is 2.46. The van der Waals surface area contributed by atoms with E-state index in [2.05, 4.69) is 46.1 Å². The Labute approximate surface area is 200 Å². The van der Waals surface area contributed by atoms with Crippen molar-refractivity contribution in [3.63, 3.8) is 0 Å². The fraction of sp³-hybridized carbons (Fsp3) is 0.185. The maximum Gasteiger partial charge on any atom is 0.278 e. The van der Waals surface area contributed by atoms with E-state index in [9.17, 15) is 14.7 Å². The molecule has 8 nitrogen and oxygen atoms in total. The first kappa shape index (κ1) is 20.1. The molecule has 2 aromatic carbocycles. The van der Waals surface area contributed by atoms with Gasteiger partial charge in [0.1, 0.15) is 12.2 Å². The summed E-state index contributed by atoms with van der Waals surface area (Å²) in [7, 11) is 0. The van der Waals surface area contributed by atoms with Gasteiger partial charge in [-0.3, -0.25) is 19.3 Å². The molecule has 1 N–H and O–H groups in total. The Balaban J connectivity index is 1.57. The van der Waals surface area contributed by atoms with Crippen LogP contribution in [0, 0.1) is 0 Å². The van der Waals surface area contributed by atoms with Gasteiger partial charge in [0, 0.05) is 36.1 Å². The summed E-state index contributed by atoms with van der Waals surface area (Å²) in [6.07, 6.45) is 3.21. The van der Waals surface area contributed by atoms with Crippen LogP contribution in [0.4, 0.5) is 0 Å². The zero-order chi connectivity index (χ0) is 23.7.